The molecule has 36 heavy (non-hydrogen) atoms. The summed E-state index contributed by atoms with van der Waals surface area (Å²) in [5.41, 5.74) is -0.242. The molecule has 0 aliphatic carbocycles. The zero-order valence-electron chi connectivity index (χ0n) is 22.3. The first-order valence-electron chi connectivity index (χ1n) is 12.6. The molecular formula is C26H44O10. The second-order valence-corrected chi connectivity index (χ2v) is 10.7. The van der Waals surface area contributed by atoms with Gasteiger partial charge in [0.25, 0.3) is 0 Å². The minimum Gasteiger partial charge on any atom is -0.456 e. The predicted molar refractivity (Wildman–Crippen MR) is 130 cm³/mol. The second-order valence-electron chi connectivity index (χ2n) is 10.7. The normalized spacial score (nSPS) is 37.7. The minimum absolute atomic E-state index is 0.0702. The average molecular weight is 517 g/mol. The summed E-state index contributed by atoms with van der Waals surface area (Å²) < 4.78 is 22.7. The molecule has 0 saturated carbocycles. The van der Waals surface area contributed by atoms with Crippen LogP contribution in [0.3, 0.4) is 0 Å². The molecule has 2 heterocycles. The van der Waals surface area contributed by atoms with Crippen LogP contribution in [0.15, 0.2) is 11.6 Å². The summed E-state index contributed by atoms with van der Waals surface area (Å²) >= 11 is 0. The van der Waals surface area contributed by atoms with Gasteiger partial charge >= 0.3 is 5.97 Å². The molecule has 2 saturated heterocycles. The summed E-state index contributed by atoms with van der Waals surface area (Å²) in [5, 5.41) is 42.1. The van der Waals surface area contributed by atoms with E-state index < -0.39 is 53.8 Å². The van der Waals surface area contributed by atoms with Gasteiger partial charge in [0.15, 0.2) is 11.9 Å². The number of carbonyl (C=O) groups excluding carboxylic acids is 2. The molecule has 2 aliphatic heterocycles. The Morgan fingerprint density at radius 1 is 1.17 bits per heavy atom. The van der Waals surface area contributed by atoms with E-state index in [-0.39, 0.29) is 50.4 Å². The van der Waals surface area contributed by atoms with Crippen LogP contribution in [0, 0.1) is 11.3 Å². The molecule has 0 aromatic carbocycles. The van der Waals surface area contributed by atoms with E-state index in [4.69, 9.17) is 18.9 Å². The quantitative estimate of drug-likeness (QED) is 0.300. The van der Waals surface area contributed by atoms with Gasteiger partial charge in [-0.1, -0.05) is 26.8 Å². The Hall–Kier alpha value is -1.40. The SMILES string of the molecule is CC[C@H](/C=C(/C)[C@@H]1C[C@@H](OC)C[C@@H]2O[C@@](O)(CC(=O)C2(C)C)C[C@@H](O)C[C@@H](OC)[C@H](O)C(=O)O1)CO. The number of methoxy groups -OCH3 is 2. The Bertz CT molecular complexity index is 777. The van der Waals surface area contributed by atoms with Crippen LogP contribution < -0.4 is 0 Å². The van der Waals surface area contributed by atoms with Crippen molar-refractivity contribution in [2.75, 3.05) is 20.8 Å². The topological polar surface area (TPSA) is 152 Å². The van der Waals surface area contributed by atoms with Gasteiger partial charge in [0.1, 0.15) is 11.9 Å². The molecule has 2 rings (SSSR count). The minimum atomic E-state index is -1.91. The van der Waals surface area contributed by atoms with Crippen molar-refractivity contribution in [1.82, 2.24) is 0 Å². The van der Waals surface area contributed by atoms with E-state index in [0.717, 1.165) is 0 Å². The lowest BCUT2D eigenvalue weighted by atomic mass is 9.73. The number of cyclic esters (lactones) is 1. The molecule has 2 bridgehead atoms. The molecule has 4 N–H and O–H groups in total. The number of fused-ring (bicyclic) bond motifs is 2. The highest BCUT2D eigenvalue weighted by atomic mass is 16.6. The fourth-order valence-corrected chi connectivity index (χ4v) is 4.88. The van der Waals surface area contributed by atoms with Gasteiger partial charge in [-0.25, -0.2) is 4.79 Å². The molecule has 10 nitrogen and oxygen atoms in total. The lowest BCUT2D eigenvalue weighted by molar-refractivity contribution is -0.283. The summed E-state index contributed by atoms with van der Waals surface area (Å²) in [6.07, 6.45) is -3.96. The highest BCUT2D eigenvalue weighted by Gasteiger charge is 2.52. The average Bonchev–Trinajstić information content (AvgIpc) is 2.81. The number of aliphatic hydroxyl groups excluding tert-OH is 3. The van der Waals surface area contributed by atoms with Crippen molar-refractivity contribution in [3.05, 3.63) is 11.6 Å². The zero-order chi connectivity index (χ0) is 27.3. The van der Waals surface area contributed by atoms with E-state index in [9.17, 15) is 30.0 Å². The predicted octanol–water partition coefficient (Wildman–Crippen LogP) is 1.26. The Kier molecular flexibility index (Phi) is 11.0. The summed E-state index contributed by atoms with van der Waals surface area (Å²) in [7, 11) is 2.79. The summed E-state index contributed by atoms with van der Waals surface area (Å²) in [6.45, 7) is 7.14. The van der Waals surface area contributed by atoms with Crippen molar-refractivity contribution in [1.29, 1.82) is 0 Å². The Morgan fingerprint density at radius 2 is 1.83 bits per heavy atom. The fourth-order valence-electron chi connectivity index (χ4n) is 4.88. The van der Waals surface area contributed by atoms with Crippen LogP contribution in [0.1, 0.15) is 66.2 Å². The van der Waals surface area contributed by atoms with Crippen LogP contribution in [0.5, 0.6) is 0 Å². The molecule has 10 heteroatoms. The summed E-state index contributed by atoms with van der Waals surface area (Å²) in [6, 6.07) is 0. The monoisotopic (exact) mass is 516 g/mol. The van der Waals surface area contributed by atoms with E-state index in [1.807, 2.05) is 13.0 Å². The molecule has 2 fully saturated rings. The molecule has 8 atom stereocenters. The van der Waals surface area contributed by atoms with Gasteiger partial charge in [-0.2, -0.15) is 0 Å². The molecule has 0 aromatic rings. The highest BCUT2D eigenvalue weighted by Crippen LogP contribution is 2.42. The van der Waals surface area contributed by atoms with E-state index in [1.165, 1.54) is 14.2 Å². The molecule has 0 aromatic heterocycles. The first kappa shape index (κ1) is 30.8. The third-order valence-corrected chi connectivity index (χ3v) is 7.59. The van der Waals surface area contributed by atoms with Gasteiger partial charge in [0, 0.05) is 57.8 Å². The standard InChI is InChI=1S/C26H44O10/c1-7-16(14-27)8-15(2)19-10-18(33-5)11-22-25(3,4)21(29)13-26(32,36-22)12-17(28)9-20(34-6)23(30)24(31)35-19/h8,16-20,22-23,27-28,30,32H,7,9-14H2,1-6H3/b15-8-/t16-,17+,18-,19+,20-,22+,23+,26-/m1/s1. The fraction of sp³-hybridized carbons (Fsp3) is 0.846. The largest absolute Gasteiger partial charge is 0.456 e. The number of carbonyl (C=O) groups is 2. The van der Waals surface area contributed by atoms with Crippen LogP contribution in [0.25, 0.3) is 0 Å². The van der Waals surface area contributed by atoms with Crippen molar-refractivity contribution < 1.29 is 49.0 Å². The van der Waals surface area contributed by atoms with E-state index in [0.29, 0.717) is 12.0 Å². The molecule has 208 valence electrons. The van der Waals surface area contributed by atoms with Gasteiger partial charge in [0.05, 0.1) is 30.8 Å². The number of aliphatic hydroxyl groups is 4. The molecule has 2 aliphatic rings. The first-order valence-corrected chi connectivity index (χ1v) is 12.6. The number of rotatable bonds is 6. The van der Waals surface area contributed by atoms with E-state index in [1.54, 1.807) is 20.8 Å². The molecule has 0 radical (unpaired) electrons. The Balaban J connectivity index is 2.49. The van der Waals surface area contributed by atoms with Crippen molar-refractivity contribution in [3.8, 4) is 0 Å². The molecule has 0 spiro atoms. The van der Waals surface area contributed by atoms with Gasteiger partial charge < -0.3 is 39.4 Å². The number of hydrogen-bond donors (Lipinski definition) is 4. The smallest absolute Gasteiger partial charge is 0.338 e. The molecule has 0 amide bonds. The van der Waals surface area contributed by atoms with Crippen LogP contribution in [0.4, 0.5) is 0 Å². The van der Waals surface area contributed by atoms with Gasteiger partial charge in [-0.3, -0.25) is 4.79 Å². The van der Waals surface area contributed by atoms with Crippen molar-refractivity contribution >= 4 is 11.8 Å². The lowest BCUT2D eigenvalue weighted by Crippen LogP contribution is -2.56. The Morgan fingerprint density at radius 3 is 2.39 bits per heavy atom. The van der Waals surface area contributed by atoms with Crippen molar-refractivity contribution in [3.63, 3.8) is 0 Å². The van der Waals surface area contributed by atoms with Crippen molar-refractivity contribution in [2.45, 2.75) is 109 Å². The number of ether oxygens (including phenoxy) is 4. The van der Waals surface area contributed by atoms with Crippen LogP contribution >= 0.6 is 0 Å². The maximum Gasteiger partial charge on any atom is 0.338 e. The lowest BCUT2D eigenvalue weighted by Gasteiger charge is -2.47. The molecular weight excluding hydrogens is 472 g/mol. The van der Waals surface area contributed by atoms with Gasteiger partial charge in [0.2, 0.25) is 0 Å². The van der Waals surface area contributed by atoms with Gasteiger partial charge in [-0.15, -0.1) is 0 Å². The number of Topliss-reactive ketones (excluding diaryl/α,β-unsaturated/α-hetero) is 1. The second kappa shape index (κ2) is 12.9. The van der Waals surface area contributed by atoms with E-state index in [2.05, 4.69) is 0 Å². The highest BCUT2D eigenvalue weighted by molar-refractivity contribution is 5.86. The van der Waals surface area contributed by atoms with Crippen LogP contribution in [0.2, 0.25) is 0 Å². The molecule has 0 unspecified atom stereocenters. The summed E-state index contributed by atoms with van der Waals surface area (Å²) in [4.78, 5) is 26.0. The van der Waals surface area contributed by atoms with Crippen molar-refractivity contribution in [2.24, 2.45) is 11.3 Å². The first-order chi connectivity index (χ1) is 16.8. The van der Waals surface area contributed by atoms with E-state index >= 15 is 0 Å². The zero-order valence-corrected chi connectivity index (χ0v) is 22.3. The third kappa shape index (κ3) is 7.56. The number of esters is 1. The third-order valence-electron chi connectivity index (χ3n) is 7.59. The van der Waals surface area contributed by atoms with Gasteiger partial charge in [-0.05, 0) is 18.9 Å². The number of ketones is 1. The maximum atomic E-state index is 13.0. The summed E-state index contributed by atoms with van der Waals surface area (Å²) in [5.74, 6) is -3.17. The number of hydrogen-bond acceptors (Lipinski definition) is 10. The van der Waals surface area contributed by atoms with Crippen LogP contribution in [-0.2, 0) is 28.5 Å². The Labute approximate surface area is 213 Å². The maximum absolute atomic E-state index is 13.0. The van der Waals surface area contributed by atoms with Crippen LogP contribution in [-0.4, -0.2) is 95.4 Å².